The van der Waals surface area contributed by atoms with Crippen LogP contribution in [-0.2, 0) is 30.7 Å². The van der Waals surface area contributed by atoms with Crippen LogP contribution in [0, 0.1) is 11.8 Å². The zero-order chi connectivity index (χ0) is 38.5. The van der Waals surface area contributed by atoms with Gasteiger partial charge in [0.15, 0.2) is 5.82 Å². The summed E-state index contributed by atoms with van der Waals surface area (Å²) in [5.74, 6) is 5.30. The fourth-order valence-electron chi connectivity index (χ4n) is 7.50. The van der Waals surface area contributed by atoms with Crippen LogP contribution in [0.5, 0.6) is 0 Å². The number of imide groups is 1. The summed E-state index contributed by atoms with van der Waals surface area (Å²) in [7, 11) is 5.47. The number of amides is 3. The van der Waals surface area contributed by atoms with Gasteiger partial charge >= 0.3 is 5.69 Å². The van der Waals surface area contributed by atoms with Crippen molar-refractivity contribution < 1.29 is 14.4 Å². The van der Waals surface area contributed by atoms with Gasteiger partial charge in [0.25, 0.3) is 5.91 Å². The van der Waals surface area contributed by atoms with Gasteiger partial charge in [-0.2, -0.15) is 0 Å². The van der Waals surface area contributed by atoms with Crippen molar-refractivity contribution in [1.29, 1.82) is 0 Å². The fraction of sp³-hybridized carbons (Fsp3) is 0.233. The molecule has 274 valence electrons. The fourth-order valence-corrected chi connectivity index (χ4v) is 7.50. The number of nitrogens with zero attached hydrogens (tertiary/aromatic N) is 6. The topological polar surface area (TPSA) is 146 Å². The van der Waals surface area contributed by atoms with Crippen molar-refractivity contribution in [1.82, 2.24) is 39.3 Å². The lowest BCUT2D eigenvalue weighted by molar-refractivity contribution is -0.134. The number of fused-ring (bicyclic) bond motifs is 3. The molecular weight excluding hydrogens is 693 g/mol. The van der Waals surface area contributed by atoms with Crippen LogP contribution in [-0.4, -0.2) is 52.9 Å². The molecule has 1 aliphatic rings. The molecule has 1 fully saturated rings. The molecule has 1 unspecified atom stereocenters. The van der Waals surface area contributed by atoms with Crippen molar-refractivity contribution in [2.45, 2.75) is 38.5 Å². The molecule has 7 aromatic rings. The third kappa shape index (κ3) is 6.23. The predicted molar refractivity (Wildman–Crippen MR) is 211 cm³/mol. The van der Waals surface area contributed by atoms with Crippen molar-refractivity contribution >= 4 is 50.6 Å². The third-order valence-corrected chi connectivity index (χ3v) is 10.5. The number of carbonyl (C=O) groups excluding carboxylic acids is 3. The average molecular weight is 731 g/mol. The lowest BCUT2D eigenvalue weighted by atomic mass is 9.90. The molecule has 8 rings (SSSR count). The molecule has 5 heterocycles. The number of rotatable bonds is 6. The summed E-state index contributed by atoms with van der Waals surface area (Å²) in [5.41, 5.74) is 8.93. The summed E-state index contributed by atoms with van der Waals surface area (Å²) in [4.78, 5) is 63.9. The lowest BCUT2D eigenvalue weighted by Gasteiger charge is -2.21. The second kappa shape index (κ2) is 13.8. The van der Waals surface area contributed by atoms with Gasteiger partial charge in [0.2, 0.25) is 11.8 Å². The van der Waals surface area contributed by atoms with Gasteiger partial charge in [-0.05, 0) is 82.3 Å². The predicted octanol–water partition coefficient (Wildman–Crippen LogP) is 5.47. The van der Waals surface area contributed by atoms with E-state index in [1.165, 1.54) is 0 Å². The first-order valence-corrected chi connectivity index (χ1v) is 18.1. The highest BCUT2D eigenvalue weighted by Gasteiger charge is 2.30. The van der Waals surface area contributed by atoms with Crippen LogP contribution in [0.4, 0.5) is 0 Å². The first-order valence-electron chi connectivity index (χ1n) is 18.1. The van der Waals surface area contributed by atoms with E-state index in [0.29, 0.717) is 17.8 Å². The van der Waals surface area contributed by atoms with Crippen molar-refractivity contribution in [2.24, 2.45) is 21.1 Å². The molecular formula is C43H38N8O4. The smallest absolute Gasteiger partial charge is 0.328 e. The molecule has 2 N–H and O–H groups in total. The molecule has 4 aromatic heterocycles. The van der Waals surface area contributed by atoms with Gasteiger partial charge in [0, 0.05) is 50.9 Å². The Bertz CT molecular complexity index is 2850. The summed E-state index contributed by atoms with van der Waals surface area (Å²) < 4.78 is 5.26. The molecule has 1 atom stereocenters. The Balaban J connectivity index is 0.978. The van der Waals surface area contributed by atoms with Crippen molar-refractivity contribution in [3.8, 4) is 34.2 Å². The molecule has 3 amide bonds. The minimum atomic E-state index is -0.459. The summed E-state index contributed by atoms with van der Waals surface area (Å²) in [5, 5.41) is 7.21. The number of hydrogen-bond acceptors (Lipinski definition) is 7. The quantitative estimate of drug-likeness (QED) is 0.171. The molecule has 0 radical (unpaired) electrons. The van der Waals surface area contributed by atoms with E-state index in [1.807, 2.05) is 67.3 Å². The number of benzene rings is 3. The maximum atomic E-state index is 13.0. The molecule has 1 aliphatic heterocycles. The number of aryl methyl sites for hydroxylation is 3. The van der Waals surface area contributed by atoms with Crippen molar-refractivity contribution in [3.05, 3.63) is 112 Å². The van der Waals surface area contributed by atoms with Crippen LogP contribution >= 0.6 is 0 Å². The second-order valence-electron chi connectivity index (χ2n) is 14.2. The maximum Gasteiger partial charge on any atom is 0.328 e. The Kier molecular flexibility index (Phi) is 8.85. The van der Waals surface area contributed by atoms with Gasteiger partial charge in [-0.25, -0.2) is 9.78 Å². The maximum absolute atomic E-state index is 13.0. The van der Waals surface area contributed by atoms with E-state index in [9.17, 15) is 19.2 Å². The van der Waals surface area contributed by atoms with Gasteiger partial charge in [-0.3, -0.25) is 38.8 Å². The molecule has 12 nitrogen and oxygen atoms in total. The molecule has 0 aliphatic carbocycles. The minimum absolute atomic E-state index is 0.0526. The highest BCUT2D eigenvalue weighted by atomic mass is 16.2. The Labute approximate surface area is 316 Å². The van der Waals surface area contributed by atoms with Gasteiger partial charge in [-0.15, -0.1) is 0 Å². The summed E-state index contributed by atoms with van der Waals surface area (Å²) in [6, 6.07) is 21.5. The highest BCUT2D eigenvalue weighted by molar-refractivity contribution is 6.03. The van der Waals surface area contributed by atoms with E-state index in [4.69, 9.17) is 9.97 Å². The SMILES string of the molecule is CC(C)c1cc(-c2cccc3cc(-c4ccc(C(=O)NCC#Cc5nc6c(C7CCC(=O)NC7=O)cccc6n5C)nc4)ncc23)cc2c1n(C)c(=O)n2C. The summed E-state index contributed by atoms with van der Waals surface area (Å²) in [6.07, 6.45) is 4.21. The molecule has 12 heteroatoms. The Hall–Kier alpha value is -6.87. The largest absolute Gasteiger partial charge is 0.340 e. The Morgan fingerprint density at radius 1 is 0.909 bits per heavy atom. The number of nitrogens with one attached hydrogen (secondary N) is 2. The molecule has 3 aromatic carbocycles. The number of carbonyl (C=O) groups is 3. The van der Waals surface area contributed by atoms with Crippen LogP contribution in [0.15, 0.2) is 83.9 Å². The lowest BCUT2D eigenvalue weighted by Crippen LogP contribution is -2.39. The molecule has 0 saturated carbocycles. The average Bonchev–Trinajstić information content (AvgIpc) is 3.63. The number of pyridine rings is 2. The molecule has 0 spiro atoms. The van der Waals surface area contributed by atoms with Crippen LogP contribution in [0.3, 0.4) is 0 Å². The van der Waals surface area contributed by atoms with E-state index in [0.717, 1.165) is 60.8 Å². The first kappa shape index (κ1) is 35.2. The standard InChI is InChI=1S/C43H38N8O4/c1-24(2)31-19-27(21-36-40(31)51(5)43(55)50(36)4)28-10-6-9-25-20-34(46-23-32(25)28)26-14-16-33(45-22-26)42(54)44-18-8-13-37-47-39-29(11-7-12-35(39)49(37)3)30-15-17-38(52)48-41(30)53/h6-7,9-12,14,16,19-24,30H,15,17-18H2,1-5H3,(H,44,54)(H,48,52,53). The number of aromatic nitrogens is 6. The highest BCUT2D eigenvalue weighted by Crippen LogP contribution is 2.36. The van der Waals surface area contributed by atoms with E-state index >= 15 is 0 Å². The first-order chi connectivity index (χ1) is 26.5. The zero-order valence-corrected chi connectivity index (χ0v) is 31.1. The van der Waals surface area contributed by atoms with Crippen molar-refractivity contribution in [2.75, 3.05) is 6.54 Å². The van der Waals surface area contributed by atoms with Gasteiger partial charge in [0.1, 0.15) is 5.69 Å². The third-order valence-electron chi connectivity index (χ3n) is 10.5. The molecule has 55 heavy (non-hydrogen) atoms. The van der Waals surface area contributed by atoms with Crippen LogP contribution < -0.4 is 16.3 Å². The van der Waals surface area contributed by atoms with E-state index < -0.39 is 5.92 Å². The summed E-state index contributed by atoms with van der Waals surface area (Å²) in [6.45, 7) is 4.35. The minimum Gasteiger partial charge on any atom is -0.340 e. The van der Waals surface area contributed by atoms with Crippen LogP contribution in [0.1, 0.15) is 66.0 Å². The zero-order valence-electron chi connectivity index (χ0n) is 31.1. The van der Waals surface area contributed by atoms with Gasteiger partial charge in [-0.1, -0.05) is 50.1 Å². The number of para-hydroxylation sites is 1. The van der Waals surface area contributed by atoms with Crippen LogP contribution in [0.2, 0.25) is 0 Å². The van der Waals surface area contributed by atoms with Gasteiger partial charge in [0.05, 0.1) is 40.2 Å². The van der Waals surface area contributed by atoms with E-state index in [1.54, 1.807) is 28.4 Å². The number of piperidine rings is 1. The van der Waals surface area contributed by atoms with E-state index in [-0.39, 0.29) is 48.0 Å². The van der Waals surface area contributed by atoms with Gasteiger partial charge < -0.3 is 9.88 Å². The number of hydrogen-bond donors (Lipinski definition) is 2. The van der Waals surface area contributed by atoms with Crippen molar-refractivity contribution in [3.63, 3.8) is 0 Å². The molecule has 1 saturated heterocycles. The number of imidazole rings is 2. The Morgan fingerprint density at radius 2 is 1.73 bits per heavy atom. The monoisotopic (exact) mass is 730 g/mol. The van der Waals surface area contributed by atoms with E-state index in [2.05, 4.69) is 59.5 Å². The summed E-state index contributed by atoms with van der Waals surface area (Å²) >= 11 is 0. The second-order valence-corrected chi connectivity index (χ2v) is 14.2. The normalized spacial score (nSPS) is 14.4. The molecule has 0 bridgehead atoms. The van der Waals surface area contributed by atoms with Crippen LogP contribution in [0.25, 0.3) is 55.2 Å². The Morgan fingerprint density at radius 3 is 2.49 bits per heavy atom.